The van der Waals surface area contributed by atoms with Crippen LogP contribution >= 0.6 is 0 Å². The number of anilines is 1. The highest BCUT2D eigenvalue weighted by Gasteiger charge is 2.49. The van der Waals surface area contributed by atoms with Crippen molar-refractivity contribution in [3.05, 3.63) is 36.5 Å². The number of methoxy groups -OCH3 is 1. The minimum absolute atomic E-state index is 0.0612. The highest BCUT2D eigenvalue weighted by atomic mass is 16.6. The van der Waals surface area contributed by atoms with E-state index in [0.29, 0.717) is 19.2 Å². The quantitative estimate of drug-likeness (QED) is 0.766. The van der Waals surface area contributed by atoms with Crippen LogP contribution in [0.5, 0.6) is 5.75 Å². The molecule has 3 aliphatic rings. The number of amides is 1. The van der Waals surface area contributed by atoms with Gasteiger partial charge < -0.3 is 24.8 Å². The minimum Gasteiger partial charge on any atom is -0.497 e. The van der Waals surface area contributed by atoms with Gasteiger partial charge in [-0.15, -0.1) is 0 Å². The lowest BCUT2D eigenvalue weighted by Gasteiger charge is -2.18. The maximum absolute atomic E-state index is 12.1. The number of hydrogen-bond acceptors (Lipinski definition) is 7. The highest BCUT2D eigenvalue weighted by Crippen LogP contribution is 2.32. The van der Waals surface area contributed by atoms with Crippen molar-refractivity contribution in [2.24, 2.45) is 5.92 Å². The van der Waals surface area contributed by atoms with Gasteiger partial charge in [-0.25, -0.2) is 9.97 Å². The van der Waals surface area contributed by atoms with Crippen molar-refractivity contribution >= 4 is 11.9 Å². The van der Waals surface area contributed by atoms with Gasteiger partial charge in [-0.05, 0) is 43.2 Å². The Morgan fingerprint density at radius 1 is 1.07 bits per heavy atom. The summed E-state index contributed by atoms with van der Waals surface area (Å²) < 4.78 is 17.1. The number of hydrogen-bond donors (Lipinski definition) is 2. The largest absolute Gasteiger partial charge is 0.497 e. The molecule has 1 amide bonds. The van der Waals surface area contributed by atoms with Crippen LogP contribution in [0.4, 0.5) is 5.95 Å². The Labute approximate surface area is 169 Å². The average molecular weight is 396 g/mol. The topological polar surface area (TPSA) is 94.6 Å². The second-order valence-electron chi connectivity index (χ2n) is 7.73. The maximum atomic E-state index is 12.1. The zero-order chi connectivity index (χ0) is 19.8. The van der Waals surface area contributed by atoms with Gasteiger partial charge >= 0.3 is 0 Å². The predicted molar refractivity (Wildman–Crippen MR) is 106 cm³/mol. The number of nitrogens with zero attached hydrogens (tertiary/aromatic N) is 2. The van der Waals surface area contributed by atoms with Crippen molar-refractivity contribution in [2.45, 2.75) is 37.1 Å². The number of carbonyl (C=O) groups excluding carboxylic acids is 1. The van der Waals surface area contributed by atoms with Gasteiger partial charge in [0.2, 0.25) is 11.9 Å². The summed E-state index contributed by atoms with van der Waals surface area (Å²) in [6, 6.07) is 9.46. The van der Waals surface area contributed by atoms with Crippen LogP contribution in [-0.2, 0) is 14.3 Å². The number of carbonyl (C=O) groups is 1. The predicted octanol–water partition coefficient (Wildman–Crippen LogP) is 1.63. The van der Waals surface area contributed by atoms with Gasteiger partial charge in [-0.3, -0.25) is 4.79 Å². The molecule has 2 aromatic rings. The lowest BCUT2D eigenvalue weighted by molar-refractivity contribution is -0.123. The maximum Gasteiger partial charge on any atom is 0.223 e. The average Bonchev–Trinajstić information content (AvgIpc) is 3.43. The van der Waals surface area contributed by atoms with Crippen molar-refractivity contribution in [1.29, 1.82) is 0 Å². The molecule has 2 N–H and O–H groups in total. The molecular formula is C21H24N4O4. The Kier molecular flexibility index (Phi) is 4.81. The van der Waals surface area contributed by atoms with E-state index in [4.69, 9.17) is 14.2 Å². The summed E-state index contributed by atoms with van der Waals surface area (Å²) in [6.07, 6.45) is 3.43. The molecule has 3 heterocycles. The van der Waals surface area contributed by atoms with Gasteiger partial charge in [0, 0.05) is 17.7 Å². The molecule has 29 heavy (non-hydrogen) atoms. The highest BCUT2D eigenvalue weighted by molar-refractivity contribution is 5.81. The third-order valence-corrected chi connectivity index (χ3v) is 5.69. The summed E-state index contributed by atoms with van der Waals surface area (Å²) >= 11 is 0. The first-order chi connectivity index (χ1) is 14.2. The Balaban J connectivity index is 1.24. The molecule has 0 radical (unpaired) electrons. The molecule has 4 atom stereocenters. The van der Waals surface area contributed by atoms with Crippen molar-refractivity contribution < 1.29 is 19.0 Å². The molecule has 5 rings (SSSR count). The molecule has 1 aromatic carbocycles. The molecule has 152 valence electrons. The Morgan fingerprint density at radius 2 is 1.79 bits per heavy atom. The summed E-state index contributed by atoms with van der Waals surface area (Å²) in [5.74, 6) is 1.63. The van der Waals surface area contributed by atoms with Crippen LogP contribution < -0.4 is 15.4 Å². The zero-order valence-electron chi connectivity index (χ0n) is 16.2. The van der Waals surface area contributed by atoms with E-state index in [9.17, 15) is 4.79 Å². The molecule has 2 saturated heterocycles. The van der Waals surface area contributed by atoms with Crippen LogP contribution in [0, 0.1) is 5.92 Å². The molecule has 1 saturated carbocycles. The number of rotatable bonds is 6. The first kappa shape index (κ1) is 18.3. The number of nitrogens with one attached hydrogen (secondary N) is 2. The number of fused-ring (bicyclic) bond motifs is 1. The standard InChI is InChI=1S/C21H24N4O4/c1-27-14-6-4-12(5-7-14)15-8-9-22-21(24-15)25-17-11-29-18-16(10-28-19(17)18)23-20(26)13-2-3-13/h4-9,13,16-19H,2-3,10-11H2,1H3,(H,23,26)(H,22,24,25). The van der Waals surface area contributed by atoms with Gasteiger partial charge in [0.25, 0.3) is 0 Å². The fraction of sp³-hybridized carbons (Fsp3) is 0.476. The third-order valence-electron chi connectivity index (χ3n) is 5.69. The monoisotopic (exact) mass is 396 g/mol. The molecule has 2 aliphatic heterocycles. The third kappa shape index (κ3) is 3.77. The molecule has 8 nitrogen and oxygen atoms in total. The lowest BCUT2D eigenvalue weighted by Crippen LogP contribution is -2.45. The van der Waals surface area contributed by atoms with Crippen LogP contribution in [0.2, 0.25) is 0 Å². The number of aromatic nitrogens is 2. The normalized spacial score (nSPS) is 28.0. The van der Waals surface area contributed by atoms with Crippen LogP contribution in [-0.4, -0.2) is 60.5 Å². The van der Waals surface area contributed by atoms with Gasteiger partial charge in [-0.1, -0.05) is 0 Å². The van der Waals surface area contributed by atoms with E-state index >= 15 is 0 Å². The summed E-state index contributed by atoms with van der Waals surface area (Å²) in [4.78, 5) is 21.0. The Hall–Kier alpha value is -2.71. The smallest absolute Gasteiger partial charge is 0.223 e. The summed E-state index contributed by atoms with van der Waals surface area (Å²) in [6.45, 7) is 0.958. The lowest BCUT2D eigenvalue weighted by atomic mass is 10.1. The van der Waals surface area contributed by atoms with Gasteiger partial charge in [0.05, 0.1) is 38.1 Å². The first-order valence-corrected chi connectivity index (χ1v) is 9.99. The zero-order valence-corrected chi connectivity index (χ0v) is 16.2. The van der Waals surface area contributed by atoms with Gasteiger partial charge in [0.1, 0.15) is 18.0 Å². The molecule has 1 aromatic heterocycles. The van der Waals surface area contributed by atoms with E-state index in [-0.39, 0.29) is 36.1 Å². The van der Waals surface area contributed by atoms with Gasteiger partial charge in [0.15, 0.2) is 0 Å². The van der Waals surface area contributed by atoms with E-state index in [1.807, 2.05) is 30.3 Å². The van der Waals surface area contributed by atoms with Crippen molar-refractivity contribution in [3.63, 3.8) is 0 Å². The molecule has 4 unspecified atom stereocenters. The molecule has 3 fully saturated rings. The van der Waals surface area contributed by atoms with Crippen LogP contribution in [0.25, 0.3) is 11.3 Å². The summed E-state index contributed by atoms with van der Waals surface area (Å²) in [5, 5.41) is 6.42. The van der Waals surface area contributed by atoms with Crippen LogP contribution in [0.3, 0.4) is 0 Å². The van der Waals surface area contributed by atoms with Crippen LogP contribution in [0.1, 0.15) is 12.8 Å². The molecule has 0 bridgehead atoms. The van der Waals surface area contributed by atoms with Crippen LogP contribution in [0.15, 0.2) is 36.5 Å². The fourth-order valence-corrected chi connectivity index (χ4v) is 3.91. The van der Waals surface area contributed by atoms with E-state index in [1.165, 1.54) is 0 Å². The Morgan fingerprint density at radius 3 is 2.52 bits per heavy atom. The van der Waals surface area contributed by atoms with E-state index < -0.39 is 0 Å². The first-order valence-electron chi connectivity index (χ1n) is 9.99. The van der Waals surface area contributed by atoms with Crippen molar-refractivity contribution in [2.75, 3.05) is 25.6 Å². The molecule has 8 heteroatoms. The van der Waals surface area contributed by atoms with Crippen molar-refractivity contribution in [3.8, 4) is 17.0 Å². The summed E-state index contributed by atoms with van der Waals surface area (Å²) in [5.41, 5.74) is 1.80. The molecule has 1 aliphatic carbocycles. The Bertz CT molecular complexity index is 887. The SMILES string of the molecule is COc1ccc(-c2ccnc(NC3COC4C(NC(=O)C5CC5)COC34)n2)cc1. The number of ether oxygens (including phenoxy) is 3. The second kappa shape index (κ2) is 7.61. The number of benzene rings is 1. The van der Waals surface area contributed by atoms with Crippen molar-refractivity contribution in [1.82, 2.24) is 15.3 Å². The minimum atomic E-state index is -0.139. The molecular weight excluding hydrogens is 372 g/mol. The summed E-state index contributed by atoms with van der Waals surface area (Å²) in [7, 11) is 1.64. The molecule has 0 spiro atoms. The van der Waals surface area contributed by atoms with Gasteiger partial charge in [-0.2, -0.15) is 0 Å². The van der Waals surface area contributed by atoms with E-state index in [2.05, 4.69) is 20.6 Å². The van der Waals surface area contributed by atoms with E-state index in [1.54, 1.807) is 13.3 Å². The fourth-order valence-electron chi connectivity index (χ4n) is 3.91. The second-order valence-corrected chi connectivity index (χ2v) is 7.73. The van der Waals surface area contributed by atoms with E-state index in [0.717, 1.165) is 29.8 Å².